The van der Waals surface area contributed by atoms with E-state index in [2.05, 4.69) is 35.6 Å². The molecule has 1 amide bonds. The Balaban J connectivity index is 1.47. The van der Waals surface area contributed by atoms with Gasteiger partial charge in [0.25, 0.3) is 0 Å². The van der Waals surface area contributed by atoms with E-state index in [9.17, 15) is 4.79 Å². The van der Waals surface area contributed by atoms with Crippen LogP contribution in [0.2, 0.25) is 0 Å². The van der Waals surface area contributed by atoms with Crippen LogP contribution >= 0.6 is 11.8 Å². The fourth-order valence-electron chi connectivity index (χ4n) is 3.00. The summed E-state index contributed by atoms with van der Waals surface area (Å²) < 4.78 is 0. The fraction of sp³-hybridized carbons (Fsp3) is 0.350. The predicted molar refractivity (Wildman–Crippen MR) is 96.9 cm³/mol. The molecule has 0 fully saturated rings. The first-order valence-electron chi connectivity index (χ1n) is 8.32. The first kappa shape index (κ1) is 16.1. The molecule has 1 atom stereocenters. The van der Waals surface area contributed by atoms with Gasteiger partial charge < -0.3 is 5.32 Å². The number of carbonyl (C=O) groups is 1. The van der Waals surface area contributed by atoms with Gasteiger partial charge in [-0.05, 0) is 61.4 Å². The average Bonchev–Trinajstić information content (AvgIpc) is 3.03. The highest BCUT2D eigenvalue weighted by atomic mass is 32.2. The molecule has 0 radical (unpaired) electrons. The van der Waals surface area contributed by atoms with Crippen molar-refractivity contribution in [1.29, 1.82) is 0 Å². The minimum Gasteiger partial charge on any atom is -0.355 e. The van der Waals surface area contributed by atoms with Crippen LogP contribution in [-0.4, -0.2) is 17.7 Å². The molecule has 1 aliphatic rings. The Hall–Kier alpha value is -1.74. The Morgan fingerprint density at radius 2 is 1.91 bits per heavy atom. The summed E-state index contributed by atoms with van der Waals surface area (Å²) in [6, 6.07) is 16.9. The van der Waals surface area contributed by atoms with Crippen LogP contribution in [0, 0.1) is 0 Å². The van der Waals surface area contributed by atoms with Crippen LogP contribution in [0.15, 0.2) is 53.4 Å². The van der Waals surface area contributed by atoms with Crippen molar-refractivity contribution >= 4 is 17.7 Å². The van der Waals surface area contributed by atoms with E-state index in [0.717, 1.165) is 6.42 Å². The first-order valence-corrected chi connectivity index (χ1v) is 9.20. The van der Waals surface area contributed by atoms with Crippen molar-refractivity contribution in [2.75, 3.05) is 6.54 Å². The number of amides is 1. The lowest BCUT2D eigenvalue weighted by Gasteiger charge is -2.13. The molecule has 0 saturated carbocycles. The Kier molecular flexibility index (Phi) is 5.39. The molecule has 3 heteroatoms. The van der Waals surface area contributed by atoms with Gasteiger partial charge in [-0.1, -0.05) is 36.4 Å². The lowest BCUT2D eigenvalue weighted by atomic mass is 10.1. The second-order valence-electron chi connectivity index (χ2n) is 6.07. The van der Waals surface area contributed by atoms with Gasteiger partial charge in [-0.25, -0.2) is 0 Å². The minimum atomic E-state index is -0.0646. The maximum Gasteiger partial charge on any atom is 0.233 e. The third kappa shape index (κ3) is 4.38. The number of thioether (sulfide) groups is 1. The summed E-state index contributed by atoms with van der Waals surface area (Å²) in [5, 5.41) is 2.98. The summed E-state index contributed by atoms with van der Waals surface area (Å²) in [6.45, 7) is 2.67. The standard InChI is InChI=1S/C20H23NOS/c1-15(20(22)21-13-12-16-6-3-2-4-7-16)23-19-11-10-17-8-5-9-18(17)14-19/h2-4,6-7,10-11,14-15H,5,8-9,12-13H2,1H3,(H,21,22)/t15-/m1/s1. The number of nitrogens with one attached hydrogen (secondary N) is 1. The summed E-state index contributed by atoms with van der Waals surface area (Å²) in [5.74, 6) is 0.117. The average molecular weight is 325 g/mol. The molecule has 0 spiro atoms. The Morgan fingerprint density at radius 1 is 1.13 bits per heavy atom. The van der Waals surface area contributed by atoms with Crippen LogP contribution in [0.5, 0.6) is 0 Å². The quantitative estimate of drug-likeness (QED) is 0.813. The summed E-state index contributed by atoms with van der Waals surface area (Å²) in [6.07, 6.45) is 4.53. The van der Waals surface area contributed by atoms with Crippen LogP contribution in [0.25, 0.3) is 0 Å². The zero-order valence-electron chi connectivity index (χ0n) is 13.5. The Bertz CT molecular complexity index is 669. The molecule has 23 heavy (non-hydrogen) atoms. The zero-order valence-corrected chi connectivity index (χ0v) is 14.4. The van der Waals surface area contributed by atoms with Gasteiger partial charge in [0.15, 0.2) is 0 Å². The summed E-state index contributed by atoms with van der Waals surface area (Å²) in [7, 11) is 0. The van der Waals surface area contributed by atoms with Gasteiger partial charge >= 0.3 is 0 Å². The van der Waals surface area contributed by atoms with Crippen LogP contribution < -0.4 is 5.32 Å². The number of rotatable bonds is 6. The molecule has 0 bridgehead atoms. The normalized spacial score (nSPS) is 14.3. The molecular weight excluding hydrogens is 302 g/mol. The van der Waals surface area contributed by atoms with Gasteiger partial charge in [-0.3, -0.25) is 4.79 Å². The van der Waals surface area contributed by atoms with Crippen molar-refractivity contribution in [3.8, 4) is 0 Å². The van der Waals surface area contributed by atoms with E-state index in [4.69, 9.17) is 0 Å². The Labute approximate surface area is 142 Å². The number of fused-ring (bicyclic) bond motifs is 1. The second kappa shape index (κ2) is 7.69. The zero-order chi connectivity index (χ0) is 16.1. The van der Waals surface area contributed by atoms with Crippen molar-refractivity contribution in [3.63, 3.8) is 0 Å². The van der Waals surface area contributed by atoms with Gasteiger partial charge in [-0.15, -0.1) is 11.8 Å². The van der Waals surface area contributed by atoms with Gasteiger partial charge in [0.2, 0.25) is 5.91 Å². The molecule has 1 N–H and O–H groups in total. The SMILES string of the molecule is C[C@@H](Sc1ccc2c(c1)CCC2)C(=O)NCCc1ccccc1. The maximum atomic E-state index is 12.2. The number of benzene rings is 2. The molecule has 0 saturated heterocycles. The highest BCUT2D eigenvalue weighted by Crippen LogP contribution is 2.29. The monoisotopic (exact) mass is 325 g/mol. The molecule has 2 nitrogen and oxygen atoms in total. The van der Waals surface area contributed by atoms with Crippen molar-refractivity contribution < 1.29 is 4.79 Å². The minimum absolute atomic E-state index is 0.0646. The largest absolute Gasteiger partial charge is 0.355 e. The number of carbonyl (C=O) groups excluding carboxylic acids is 1. The van der Waals surface area contributed by atoms with Crippen LogP contribution in [-0.2, 0) is 24.1 Å². The maximum absolute atomic E-state index is 12.2. The van der Waals surface area contributed by atoms with Gasteiger partial charge in [0, 0.05) is 11.4 Å². The van der Waals surface area contributed by atoms with Crippen molar-refractivity contribution in [2.24, 2.45) is 0 Å². The van der Waals surface area contributed by atoms with Crippen molar-refractivity contribution in [2.45, 2.75) is 42.8 Å². The third-order valence-corrected chi connectivity index (χ3v) is 5.40. The van der Waals surface area contributed by atoms with E-state index in [1.165, 1.54) is 40.8 Å². The molecule has 2 aromatic carbocycles. The molecule has 3 rings (SSSR count). The highest BCUT2D eigenvalue weighted by molar-refractivity contribution is 8.00. The summed E-state index contributed by atoms with van der Waals surface area (Å²) in [4.78, 5) is 13.4. The highest BCUT2D eigenvalue weighted by Gasteiger charge is 2.16. The molecule has 0 aliphatic heterocycles. The molecule has 0 aromatic heterocycles. The van der Waals surface area contributed by atoms with Crippen molar-refractivity contribution in [3.05, 3.63) is 65.2 Å². The third-order valence-electron chi connectivity index (χ3n) is 4.31. The second-order valence-corrected chi connectivity index (χ2v) is 7.48. The lowest BCUT2D eigenvalue weighted by Crippen LogP contribution is -2.32. The van der Waals surface area contributed by atoms with Gasteiger partial charge in [0.1, 0.15) is 0 Å². The molecule has 120 valence electrons. The van der Waals surface area contributed by atoms with E-state index in [1.54, 1.807) is 11.8 Å². The van der Waals surface area contributed by atoms with E-state index in [1.807, 2.05) is 25.1 Å². The lowest BCUT2D eigenvalue weighted by molar-refractivity contribution is -0.120. The van der Waals surface area contributed by atoms with E-state index in [0.29, 0.717) is 6.54 Å². The summed E-state index contributed by atoms with van der Waals surface area (Å²) >= 11 is 1.65. The summed E-state index contributed by atoms with van der Waals surface area (Å²) in [5.41, 5.74) is 4.20. The predicted octanol–water partition coefficient (Wildman–Crippen LogP) is 4.01. The van der Waals surface area contributed by atoms with Crippen LogP contribution in [0.4, 0.5) is 0 Å². The fourth-order valence-corrected chi connectivity index (χ4v) is 3.95. The number of hydrogen-bond acceptors (Lipinski definition) is 2. The topological polar surface area (TPSA) is 29.1 Å². The smallest absolute Gasteiger partial charge is 0.233 e. The molecule has 2 aromatic rings. The molecule has 0 unspecified atom stereocenters. The van der Waals surface area contributed by atoms with E-state index in [-0.39, 0.29) is 11.2 Å². The van der Waals surface area contributed by atoms with Crippen molar-refractivity contribution in [1.82, 2.24) is 5.32 Å². The van der Waals surface area contributed by atoms with E-state index < -0.39 is 0 Å². The number of aryl methyl sites for hydroxylation is 2. The van der Waals surface area contributed by atoms with Crippen LogP contribution in [0.3, 0.4) is 0 Å². The molecule has 1 aliphatic carbocycles. The van der Waals surface area contributed by atoms with Gasteiger partial charge in [0.05, 0.1) is 5.25 Å². The van der Waals surface area contributed by atoms with E-state index >= 15 is 0 Å². The first-order chi connectivity index (χ1) is 11.2. The molecule has 0 heterocycles. The van der Waals surface area contributed by atoms with Crippen LogP contribution in [0.1, 0.15) is 30.0 Å². The Morgan fingerprint density at radius 3 is 2.74 bits per heavy atom. The molecular formula is C20H23NOS. The number of hydrogen-bond donors (Lipinski definition) is 1. The van der Waals surface area contributed by atoms with Gasteiger partial charge in [-0.2, -0.15) is 0 Å².